The van der Waals surface area contributed by atoms with E-state index in [4.69, 9.17) is 14.2 Å². The third-order valence-corrected chi connectivity index (χ3v) is 5.52. The number of carbonyl (C=O) groups is 3. The lowest BCUT2D eigenvalue weighted by Gasteiger charge is -2.32. The van der Waals surface area contributed by atoms with Gasteiger partial charge in [0.15, 0.2) is 6.61 Å². The Labute approximate surface area is 191 Å². The van der Waals surface area contributed by atoms with Gasteiger partial charge < -0.3 is 14.2 Å². The molecule has 2 aliphatic heterocycles. The molecule has 0 saturated carbocycles. The molecule has 4 rings (SSSR count). The van der Waals surface area contributed by atoms with E-state index >= 15 is 0 Å². The fourth-order valence-corrected chi connectivity index (χ4v) is 3.86. The molecule has 0 bridgehead atoms. The Bertz CT molecular complexity index is 1100. The van der Waals surface area contributed by atoms with Gasteiger partial charge in [-0.1, -0.05) is 12.1 Å². The van der Waals surface area contributed by atoms with Crippen molar-refractivity contribution in [3.8, 4) is 17.2 Å². The number of nitrogens with zero attached hydrogens (tertiary/aromatic N) is 3. The van der Waals surface area contributed by atoms with Crippen molar-refractivity contribution in [3.63, 3.8) is 0 Å². The highest BCUT2D eigenvalue weighted by molar-refractivity contribution is 6.02. The van der Waals surface area contributed by atoms with E-state index in [9.17, 15) is 14.4 Å². The zero-order valence-corrected chi connectivity index (χ0v) is 18.5. The van der Waals surface area contributed by atoms with Gasteiger partial charge >= 0.3 is 0 Å². The van der Waals surface area contributed by atoms with Gasteiger partial charge in [0.05, 0.1) is 19.9 Å². The largest absolute Gasteiger partial charge is 0.497 e. The Balaban J connectivity index is 1.48. The molecule has 2 aromatic rings. The molecule has 2 heterocycles. The summed E-state index contributed by atoms with van der Waals surface area (Å²) in [6.07, 6.45) is 3.69. The van der Waals surface area contributed by atoms with Crippen molar-refractivity contribution in [1.82, 2.24) is 10.0 Å². The molecule has 2 aliphatic rings. The second-order valence-corrected chi connectivity index (χ2v) is 7.51. The van der Waals surface area contributed by atoms with E-state index < -0.39 is 0 Å². The first kappa shape index (κ1) is 22.2. The lowest BCUT2D eigenvalue weighted by atomic mass is 10.1. The maximum Gasteiger partial charge on any atom is 0.265 e. The molecule has 0 radical (unpaired) electrons. The van der Waals surface area contributed by atoms with Crippen LogP contribution in [0.2, 0.25) is 0 Å². The van der Waals surface area contributed by atoms with Crippen molar-refractivity contribution < 1.29 is 28.6 Å². The second kappa shape index (κ2) is 9.64. The summed E-state index contributed by atoms with van der Waals surface area (Å²) < 4.78 is 16.0. The summed E-state index contributed by atoms with van der Waals surface area (Å²) in [5.41, 5.74) is 1.22. The van der Waals surface area contributed by atoms with E-state index in [1.54, 1.807) is 62.8 Å². The number of rotatable bonds is 6. The zero-order valence-electron chi connectivity index (χ0n) is 18.5. The van der Waals surface area contributed by atoms with E-state index in [1.807, 2.05) is 0 Å². The van der Waals surface area contributed by atoms with Gasteiger partial charge in [0.25, 0.3) is 17.7 Å². The van der Waals surface area contributed by atoms with Crippen molar-refractivity contribution in [2.24, 2.45) is 0 Å². The van der Waals surface area contributed by atoms with Crippen LogP contribution in [0, 0.1) is 0 Å². The summed E-state index contributed by atoms with van der Waals surface area (Å²) >= 11 is 0. The van der Waals surface area contributed by atoms with Crippen LogP contribution >= 0.6 is 0 Å². The molecule has 0 aromatic heterocycles. The van der Waals surface area contributed by atoms with Crippen LogP contribution in [0.15, 0.2) is 48.5 Å². The van der Waals surface area contributed by atoms with Crippen LogP contribution in [0.25, 0.3) is 6.08 Å². The van der Waals surface area contributed by atoms with Crippen LogP contribution in [0.5, 0.6) is 17.2 Å². The van der Waals surface area contributed by atoms with Crippen molar-refractivity contribution in [3.05, 3.63) is 54.1 Å². The molecule has 0 atom stereocenters. The van der Waals surface area contributed by atoms with Crippen LogP contribution in [0.4, 0.5) is 5.69 Å². The first-order chi connectivity index (χ1) is 16.0. The summed E-state index contributed by atoms with van der Waals surface area (Å²) in [4.78, 5) is 39.8. The van der Waals surface area contributed by atoms with Gasteiger partial charge in [-0.15, -0.1) is 0 Å². The van der Waals surface area contributed by atoms with Crippen molar-refractivity contribution in [2.45, 2.75) is 6.42 Å². The quantitative estimate of drug-likeness (QED) is 0.625. The van der Waals surface area contributed by atoms with Crippen LogP contribution in [0.3, 0.4) is 0 Å². The molecular formula is C24H25N3O6. The number of carbonyl (C=O) groups excluding carboxylic acids is 3. The molecule has 0 N–H and O–H groups in total. The number of hydrazine groups is 1. The third-order valence-electron chi connectivity index (χ3n) is 5.52. The number of anilines is 1. The number of para-hydroxylation sites is 2. The van der Waals surface area contributed by atoms with E-state index in [2.05, 4.69) is 0 Å². The average Bonchev–Trinajstić information content (AvgIpc) is 3.34. The maximum absolute atomic E-state index is 13.1. The number of fused-ring (bicyclic) bond motifs is 1. The number of amides is 3. The van der Waals surface area contributed by atoms with Crippen LogP contribution < -0.4 is 19.1 Å². The molecule has 9 nitrogen and oxygen atoms in total. The average molecular weight is 451 g/mol. The molecule has 3 amide bonds. The highest BCUT2D eigenvalue weighted by atomic mass is 16.5. The van der Waals surface area contributed by atoms with E-state index in [-0.39, 0.29) is 30.9 Å². The molecule has 9 heteroatoms. The van der Waals surface area contributed by atoms with Gasteiger partial charge in [0.2, 0.25) is 0 Å². The standard InChI is InChI=1S/C24H25N3O6/c1-31-18-9-10-20(32-2)17(14-18)8-11-22(28)26-12-5-13-27(26)23(29)15-25-19-6-3-4-7-21(19)33-16-24(25)30/h3-4,6-11,14H,5,12-13,15-16H2,1-2H3/b11-8+. The minimum atomic E-state index is -0.335. The Kier molecular flexibility index (Phi) is 6.48. The predicted octanol–water partition coefficient (Wildman–Crippen LogP) is 2.12. The van der Waals surface area contributed by atoms with E-state index in [1.165, 1.54) is 21.0 Å². The molecular weight excluding hydrogens is 426 g/mol. The molecule has 1 fully saturated rings. The fourth-order valence-electron chi connectivity index (χ4n) is 3.86. The number of hydrogen-bond donors (Lipinski definition) is 0. The molecule has 0 aliphatic carbocycles. The van der Waals surface area contributed by atoms with Crippen molar-refractivity contribution in [2.75, 3.05) is 45.4 Å². The smallest absolute Gasteiger partial charge is 0.265 e. The maximum atomic E-state index is 13.1. The molecule has 172 valence electrons. The predicted molar refractivity (Wildman–Crippen MR) is 121 cm³/mol. The summed E-state index contributed by atoms with van der Waals surface area (Å²) in [6.45, 7) is 0.521. The summed E-state index contributed by atoms with van der Waals surface area (Å²) in [5.74, 6) is 0.811. The number of methoxy groups -OCH3 is 2. The van der Waals surface area contributed by atoms with Gasteiger partial charge in [-0.05, 0) is 42.8 Å². The van der Waals surface area contributed by atoms with Gasteiger partial charge in [0, 0.05) is 24.7 Å². The monoisotopic (exact) mass is 451 g/mol. The molecule has 1 saturated heterocycles. The van der Waals surface area contributed by atoms with Gasteiger partial charge in [-0.3, -0.25) is 19.3 Å². The van der Waals surface area contributed by atoms with Crippen LogP contribution in [-0.4, -0.2) is 68.2 Å². The first-order valence-electron chi connectivity index (χ1n) is 10.6. The Morgan fingerprint density at radius 1 is 1.06 bits per heavy atom. The minimum absolute atomic E-state index is 0.127. The summed E-state index contributed by atoms with van der Waals surface area (Å²) in [5, 5.41) is 2.81. The van der Waals surface area contributed by atoms with Gasteiger partial charge in [0.1, 0.15) is 23.8 Å². The summed E-state index contributed by atoms with van der Waals surface area (Å²) in [7, 11) is 3.11. The molecule has 0 spiro atoms. The van der Waals surface area contributed by atoms with Crippen LogP contribution in [0.1, 0.15) is 12.0 Å². The number of benzene rings is 2. The Hall–Kier alpha value is -4.01. The highest BCUT2D eigenvalue weighted by Crippen LogP contribution is 2.31. The topological polar surface area (TPSA) is 88.6 Å². The highest BCUT2D eigenvalue weighted by Gasteiger charge is 2.33. The number of ether oxygens (including phenoxy) is 3. The van der Waals surface area contributed by atoms with Gasteiger partial charge in [-0.2, -0.15) is 0 Å². The number of hydrogen-bond acceptors (Lipinski definition) is 6. The zero-order chi connectivity index (χ0) is 23.4. The Morgan fingerprint density at radius 2 is 1.85 bits per heavy atom. The third kappa shape index (κ3) is 4.62. The molecule has 33 heavy (non-hydrogen) atoms. The van der Waals surface area contributed by atoms with Crippen molar-refractivity contribution in [1.29, 1.82) is 0 Å². The lowest BCUT2D eigenvalue weighted by molar-refractivity contribution is -0.154. The summed E-state index contributed by atoms with van der Waals surface area (Å²) in [6, 6.07) is 12.4. The van der Waals surface area contributed by atoms with E-state index in [0.29, 0.717) is 48.0 Å². The van der Waals surface area contributed by atoms with Crippen molar-refractivity contribution >= 4 is 29.5 Å². The first-order valence-corrected chi connectivity index (χ1v) is 10.6. The Morgan fingerprint density at radius 3 is 2.64 bits per heavy atom. The lowest BCUT2D eigenvalue weighted by Crippen LogP contribution is -2.50. The molecule has 2 aromatic carbocycles. The normalized spacial score (nSPS) is 15.5. The van der Waals surface area contributed by atoms with E-state index in [0.717, 1.165) is 0 Å². The SMILES string of the molecule is COc1ccc(OC)c(/C=C/C(=O)N2CCCN2C(=O)CN2C(=O)COc3ccccc32)c1. The van der Waals surface area contributed by atoms with Crippen LogP contribution in [-0.2, 0) is 14.4 Å². The minimum Gasteiger partial charge on any atom is -0.497 e. The molecule has 0 unspecified atom stereocenters. The fraction of sp³-hybridized carbons (Fsp3) is 0.292. The van der Waals surface area contributed by atoms with Gasteiger partial charge in [-0.25, -0.2) is 10.0 Å². The second-order valence-electron chi connectivity index (χ2n) is 7.51.